The quantitative estimate of drug-likeness (QED) is 0.168. The van der Waals surface area contributed by atoms with Gasteiger partial charge in [-0.3, -0.25) is 9.53 Å². The maximum absolute atomic E-state index is 12.4. The topological polar surface area (TPSA) is 113 Å². The molecule has 1 aliphatic heterocycles. The van der Waals surface area contributed by atoms with Crippen LogP contribution in [-0.2, 0) is 43.9 Å². The molecule has 0 amide bonds. The van der Waals surface area contributed by atoms with Crippen LogP contribution in [0.4, 0.5) is 4.79 Å². The number of hydrogen-bond acceptors (Lipinski definition) is 9. The van der Waals surface area contributed by atoms with Crippen molar-refractivity contribution in [3.63, 3.8) is 0 Å². The van der Waals surface area contributed by atoms with E-state index >= 15 is 0 Å². The van der Waals surface area contributed by atoms with E-state index in [0.29, 0.717) is 0 Å². The Balaban J connectivity index is 1.96. The van der Waals surface area contributed by atoms with Crippen LogP contribution in [0.1, 0.15) is 61.0 Å². The molecule has 9 heteroatoms. The smallest absolute Gasteiger partial charge is 0.430 e. The Morgan fingerprint density at radius 1 is 0.818 bits per heavy atom. The van der Waals surface area contributed by atoms with Gasteiger partial charge < -0.3 is 14.2 Å². The summed E-state index contributed by atoms with van der Waals surface area (Å²) >= 11 is 0. The number of rotatable bonds is 9. The van der Waals surface area contributed by atoms with Gasteiger partial charge in [0.05, 0.1) is 5.57 Å². The molecule has 1 saturated heterocycles. The number of esters is 1. The second-order valence-electron chi connectivity index (χ2n) is 8.89. The molecule has 1 aromatic rings. The second kappa shape index (κ2) is 9.66. The summed E-state index contributed by atoms with van der Waals surface area (Å²) in [6.45, 7) is 12.3. The van der Waals surface area contributed by atoms with Gasteiger partial charge >= 0.3 is 18.1 Å². The first kappa shape index (κ1) is 25.9. The third-order valence-electron chi connectivity index (χ3n) is 4.48. The number of carbonyl (C=O) groups is 3. The predicted molar refractivity (Wildman–Crippen MR) is 116 cm³/mol. The van der Waals surface area contributed by atoms with Crippen LogP contribution in [0, 0.1) is 0 Å². The van der Waals surface area contributed by atoms with Crippen LogP contribution in [0.25, 0.3) is 0 Å². The molecule has 1 aromatic carbocycles. The molecule has 33 heavy (non-hydrogen) atoms. The Bertz CT molecular complexity index is 963. The lowest BCUT2D eigenvalue weighted by Crippen LogP contribution is -2.44. The summed E-state index contributed by atoms with van der Waals surface area (Å²) in [5.41, 5.74) is 0.121. The molecular formula is C24H30O9. The minimum absolute atomic E-state index is 0.0417. The van der Waals surface area contributed by atoms with E-state index in [9.17, 15) is 14.4 Å². The summed E-state index contributed by atoms with van der Waals surface area (Å²) < 4.78 is 21.9. The molecule has 2 rings (SSSR count). The number of ether oxygens (including phenoxy) is 4. The van der Waals surface area contributed by atoms with Crippen LogP contribution in [0.5, 0.6) is 0 Å². The Labute approximate surface area is 193 Å². The van der Waals surface area contributed by atoms with E-state index in [4.69, 9.17) is 18.9 Å². The van der Waals surface area contributed by atoms with E-state index in [1.54, 1.807) is 13.8 Å². The van der Waals surface area contributed by atoms with Gasteiger partial charge in [-0.2, -0.15) is 0 Å². The molecule has 1 aliphatic rings. The van der Waals surface area contributed by atoms with Crippen molar-refractivity contribution in [1.29, 1.82) is 0 Å². The van der Waals surface area contributed by atoms with E-state index in [1.807, 2.05) is 30.3 Å². The molecular weight excluding hydrogens is 432 g/mol. The Morgan fingerprint density at radius 2 is 1.36 bits per heavy atom. The van der Waals surface area contributed by atoms with Crippen molar-refractivity contribution in [3.8, 4) is 0 Å². The van der Waals surface area contributed by atoms with Crippen molar-refractivity contribution in [3.05, 3.63) is 59.1 Å². The van der Waals surface area contributed by atoms with E-state index in [-0.39, 0.29) is 17.1 Å². The Hall–Kier alpha value is -3.33. The third kappa shape index (κ3) is 7.94. The van der Waals surface area contributed by atoms with Gasteiger partial charge in [-0.25, -0.2) is 19.4 Å². The fourth-order valence-electron chi connectivity index (χ4n) is 2.88. The summed E-state index contributed by atoms with van der Waals surface area (Å²) in [7, 11) is 0. The molecule has 180 valence electrons. The lowest BCUT2D eigenvalue weighted by Gasteiger charge is -2.35. The van der Waals surface area contributed by atoms with Crippen LogP contribution in [0.3, 0.4) is 0 Å². The zero-order chi connectivity index (χ0) is 25.0. The summed E-state index contributed by atoms with van der Waals surface area (Å²) in [6.07, 6.45) is 0.155. The molecule has 0 bridgehead atoms. The van der Waals surface area contributed by atoms with Crippen molar-refractivity contribution >= 4 is 17.9 Å². The van der Waals surface area contributed by atoms with Crippen molar-refractivity contribution in [2.45, 2.75) is 72.6 Å². The first-order valence-electron chi connectivity index (χ1n) is 10.3. The molecule has 9 nitrogen and oxygen atoms in total. The summed E-state index contributed by atoms with van der Waals surface area (Å²) in [4.78, 5) is 45.9. The standard InChI is InChI=1S/C24H30O9/c1-15(14-18(25)16(2)20-31-32-20)19(26)28-23(5,6)33-24(7,8)30-21(27)29-22(3,4)17-12-10-9-11-13-17/h9-14H,1-8H3/b15-14+. The lowest BCUT2D eigenvalue weighted by molar-refractivity contribution is -0.310. The summed E-state index contributed by atoms with van der Waals surface area (Å²) in [5.74, 6) is -4.12. The van der Waals surface area contributed by atoms with Gasteiger partial charge in [-0.15, -0.1) is 0 Å². The maximum atomic E-state index is 12.4. The number of ketones is 1. The van der Waals surface area contributed by atoms with Gasteiger partial charge in [-0.05, 0) is 39.3 Å². The molecule has 0 unspecified atom stereocenters. The Kier molecular flexibility index (Phi) is 7.59. The highest BCUT2D eigenvalue weighted by atomic mass is 17.4. The normalized spacial score (nSPS) is 13.9. The molecule has 0 radical (unpaired) electrons. The molecule has 0 atom stereocenters. The van der Waals surface area contributed by atoms with Crippen LogP contribution >= 0.6 is 0 Å². The van der Waals surface area contributed by atoms with E-state index in [1.165, 1.54) is 41.5 Å². The van der Waals surface area contributed by atoms with Crippen LogP contribution in [0.15, 0.2) is 53.5 Å². The number of allylic oxidation sites excluding steroid dienone is 2. The van der Waals surface area contributed by atoms with Gasteiger partial charge in [0.25, 0.3) is 0 Å². The molecule has 0 N–H and O–H groups in total. The number of carbonyl (C=O) groups excluding carboxylic acids is 3. The van der Waals surface area contributed by atoms with Crippen LogP contribution < -0.4 is 0 Å². The van der Waals surface area contributed by atoms with E-state index in [0.717, 1.165) is 11.6 Å². The minimum Gasteiger partial charge on any atom is -0.430 e. The second-order valence-corrected chi connectivity index (χ2v) is 8.89. The molecule has 1 fully saturated rings. The molecule has 0 aromatic heterocycles. The molecule has 0 spiro atoms. The van der Waals surface area contributed by atoms with E-state index in [2.05, 4.69) is 9.78 Å². The van der Waals surface area contributed by atoms with E-state index < -0.39 is 35.1 Å². The average Bonchev–Trinajstić information content (AvgIpc) is 3.50. The number of benzene rings is 1. The van der Waals surface area contributed by atoms with Gasteiger partial charge in [-0.1, -0.05) is 30.3 Å². The van der Waals surface area contributed by atoms with Crippen LogP contribution in [-0.4, -0.2) is 29.5 Å². The van der Waals surface area contributed by atoms with Gasteiger partial charge in [0.1, 0.15) is 5.60 Å². The SMILES string of the molecule is CC(C(=O)/C=C(\C)C(=O)OC(C)(C)OC(C)(C)OC(=O)OC(C)(C)c1ccccc1)=C1OO1. The molecule has 0 aliphatic carbocycles. The predicted octanol–water partition coefficient (Wildman–Crippen LogP) is 4.82. The van der Waals surface area contributed by atoms with Crippen molar-refractivity contribution in [2.75, 3.05) is 0 Å². The average molecular weight is 462 g/mol. The highest BCUT2D eigenvalue weighted by Crippen LogP contribution is 2.28. The zero-order valence-electron chi connectivity index (χ0n) is 20.1. The first-order chi connectivity index (χ1) is 15.1. The monoisotopic (exact) mass is 462 g/mol. The van der Waals surface area contributed by atoms with Gasteiger partial charge in [0.2, 0.25) is 11.6 Å². The third-order valence-corrected chi connectivity index (χ3v) is 4.48. The fourth-order valence-corrected chi connectivity index (χ4v) is 2.88. The largest absolute Gasteiger partial charge is 0.511 e. The molecule has 1 heterocycles. The van der Waals surface area contributed by atoms with Crippen molar-refractivity contribution in [1.82, 2.24) is 0 Å². The van der Waals surface area contributed by atoms with Gasteiger partial charge in [0, 0.05) is 33.3 Å². The summed E-state index contributed by atoms with van der Waals surface area (Å²) in [6, 6.07) is 9.21. The van der Waals surface area contributed by atoms with Crippen molar-refractivity contribution < 1.29 is 43.1 Å². The lowest BCUT2D eigenvalue weighted by atomic mass is 9.98. The zero-order valence-corrected chi connectivity index (χ0v) is 20.1. The number of hydrogen-bond donors (Lipinski definition) is 0. The highest BCUT2D eigenvalue weighted by molar-refractivity contribution is 6.08. The van der Waals surface area contributed by atoms with Crippen LogP contribution in [0.2, 0.25) is 0 Å². The highest BCUT2D eigenvalue weighted by Gasteiger charge is 2.37. The first-order valence-corrected chi connectivity index (χ1v) is 10.3. The van der Waals surface area contributed by atoms with Gasteiger partial charge in [0.15, 0.2) is 5.78 Å². The summed E-state index contributed by atoms with van der Waals surface area (Å²) in [5, 5.41) is 0. The molecule has 0 saturated carbocycles. The van der Waals surface area contributed by atoms with Crippen molar-refractivity contribution in [2.24, 2.45) is 0 Å². The minimum atomic E-state index is -1.50. The Morgan fingerprint density at radius 3 is 1.91 bits per heavy atom. The maximum Gasteiger partial charge on any atom is 0.511 e. The fraction of sp³-hybridized carbons (Fsp3) is 0.458.